The van der Waals surface area contributed by atoms with Gasteiger partial charge >= 0.3 is 0 Å². The maximum atomic E-state index is 13.8. The number of sulfone groups is 1. The number of nitrogens with zero attached hydrogens (tertiary/aromatic N) is 3. The minimum absolute atomic E-state index is 0.199. The maximum Gasteiger partial charge on any atom is 0.265 e. The van der Waals surface area contributed by atoms with Gasteiger partial charge in [0.25, 0.3) is 5.91 Å². The molecule has 2 amide bonds. The molecule has 0 aliphatic carbocycles. The van der Waals surface area contributed by atoms with Gasteiger partial charge < -0.3 is 14.4 Å². The van der Waals surface area contributed by atoms with E-state index in [2.05, 4.69) is 4.90 Å². The Balaban J connectivity index is 1.43. The molecule has 2 aliphatic heterocycles. The lowest BCUT2D eigenvalue weighted by molar-refractivity contribution is -0.133. The van der Waals surface area contributed by atoms with Gasteiger partial charge in [-0.1, -0.05) is 53.5 Å². The van der Waals surface area contributed by atoms with Crippen LogP contribution in [0.25, 0.3) is 11.1 Å². The van der Waals surface area contributed by atoms with Crippen LogP contribution in [-0.4, -0.2) is 89.3 Å². The van der Waals surface area contributed by atoms with Crippen LogP contribution in [0.1, 0.15) is 11.6 Å². The Morgan fingerprint density at radius 3 is 2.38 bits per heavy atom. The second-order valence-electron chi connectivity index (χ2n) is 10.4. The molecule has 2 heterocycles. The van der Waals surface area contributed by atoms with Gasteiger partial charge in [-0.2, -0.15) is 0 Å². The van der Waals surface area contributed by atoms with Crippen molar-refractivity contribution in [3.05, 3.63) is 76.3 Å². The zero-order valence-electron chi connectivity index (χ0n) is 23.3. The molecule has 5 rings (SSSR count). The smallest absolute Gasteiger partial charge is 0.265 e. The molecule has 1 unspecified atom stereocenters. The minimum atomic E-state index is -3.31. The topological polar surface area (TPSA) is 96.5 Å². The van der Waals surface area contributed by atoms with Gasteiger partial charge in [0.1, 0.15) is 12.3 Å². The number of carbonyl (C=O) groups is 2. The van der Waals surface area contributed by atoms with Crippen molar-refractivity contribution < 1.29 is 27.5 Å². The Labute approximate surface area is 255 Å². The van der Waals surface area contributed by atoms with Gasteiger partial charge in [0.15, 0.2) is 16.4 Å². The van der Waals surface area contributed by atoms with Gasteiger partial charge in [-0.15, -0.1) is 0 Å². The zero-order chi connectivity index (χ0) is 30.0. The van der Waals surface area contributed by atoms with Crippen molar-refractivity contribution in [2.45, 2.75) is 10.9 Å². The maximum absolute atomic E-state index is 13.8. The number of anilines is 1. The zero-order valence-corrected chi connectivity index (χ0v) is 25.6. The van der Waals surface area contributed by atoms with Gasteiger partial charge in [-0.3, -0.25) is 19.4 Å². The predicted molar refractivity (Wildman–Crippen MR) is 162 cm³/mol. The number of hydrogen-bond acceptors (Lipinski definition) is 7. The highest BCUT2D eigenvalue weighted by molar-refractivity contribution is 7.90. The summed E-state index contributed by atoms with van der Waals surface area (Å²) < 4.78 is 34.9. The molecule has 0 bridgehead atoms. The first-order chi connectivity index (χ1) is 20.0. The lowest BCUT2D eigenvalue weighted by Crippen LogP contribution is -2.48. The number of ether oxygens (including phenoxy) is 2. The molecular formula is C30H31Cl2N3O6S. The second-order valence-corrected chi connectivity index (χ2v) is 13.2. The number of hydrogen-bond donors (Lipinski definition) is 0. The minimum Gasteiger partial charge on any atom is -0.482 e. The van der Waals surface area contributed by atoms with E-state index in [9.17, 15) is 18.0 Å². The number of rotatable bonds is 8. The molecule has 1 saturated heterocycles. The van der Waals surface area contributed by atoms with Crippen LogP contribution in [0.4, 0.5) is 5.69 Å². The fourth-order valence-electron chi connectivity index (χ4n) is 5.09. The van der Waals surface area contributed by atoms with E-state index in [1.165, 1.54) is 17.2 Å². The van der Waals surface area contributed by atoms with Crippen molar-refractivity contribution in [2.75, 3.05) is 64.2 Å². The molecule has 3 aromatic carbocycles. The third kappa shape index (κ3) is 6.74. The summed E-state index contributed by atoms with van der Waals surface area (Å²) in [6, 6.07) is 17.3. The summed E-state index contributed by atoms with van der Waals surface area (Å²) in [4.78, 5) is 32.2. The monoisotopic (exact) mass is 631 g/mol. The van der Waals surface area contributed by atoms with E-state index in [4.69, 9.17) is 32.7 Å². The number of halogens is 2. The molecule has 0 saturated carbocycles. The van der Waals surface area contributed by atoms with Crippen molar-refractivity contribution in [1.82, 2.24) is 9.80 Å². The van der Waals surface area contributed by atoms with Gasteiger partial charge in [0.2, 0.25) is 5.91 Å². The first kappa shape index (κ1) is 30.3. The van der Waals surface area contributed by atoms with E-state index in [0.717, 1.165) is 29.8 Å². The van der Waals surface area contributed by atoms with E-state index in [1.807, 2.05) is 24.3 Å². The standard InChI is InChI=1S/C30H31Cl2N3O6S/c1-33(29(36)18-35-26-15-24(31)25(32)16-28(26)41-19-30(35)37)27(17-34-10-12-40-13-11-34)22-5-3-4-21(14-22)20-6-8-23(9-7-20)42(2,38)39/h3-9,14-16,27H,10-13,17-19H2,1-2H3. The van der Waals surface area contributed by atoms with Crippen LogP contribution in [-0.2, 0) is 24.2 Å². The summed E-state index contributed by atoms with van der Waals surface area (Å²) >= 11 is 12.4. The lowest BCUT2D eigenvalue weighted by atomic mass is 9.98. The van der Waals surface area contributed by atoms with Crippen LogP contribution >= 0.6 is 23.2 Å². The Bertz CT molecular complexity index is 1590. The fourth-order valence-corrected chi connectivity index (χ4v) is 6.03. The molecule has 0 spiro atoms. The molecule has 9 nitrogen and oxygen atoms in total. The summed E-state index contributed by atoms with van der Waals surface area (Å²) in [5.41, 5.74) is 3.05. The lowest BCUT2D eigenvalue weighted by Gasteiger charge is -2.37. The summed E-state index contributed by atoms with van der Waals surface area (Å²) in [6.07, 6.45) is 1.18. The van der Waals surface area contributed by atoms with Gasteiger partial charge in [0, 0.05) is 39.0 Å². The van der Waals surface area contributed by atoms with Gasteiger partial charge in [-0.25, -0.2) is 8.42 Å². The normalized spacial score (nSPS) is 16.5. The first-order valence-corrected chi connectivity index (χ1v) is 16.0. The Hall–Kier alpha value is -3.15. The number of benzene rings is 3. The van der Waals surface area contributed by atoms with Crippen LogP contribution in [0.3, 0.4) is 0 Å². The number of carbonyl (C=O) groups excluding carboxylic acids is 2. The van der Waals surface area contributed by atoms with Crippen molar-refractivity contribution >= 4 is 50.5 Å². The molecule has 0 N–H and O–H groups in total. The highest BCUT2D eigenvalue weighted by Crippen LogP contribution is 2.39. The van der Waals surface area contributed by atoms with Crippen molar-refractivity contribution in [3.8, 4) is 16.9 Å². The van der Waals surface area contributed by atoms with Crippen LogP contribution < -0.4 is 9.64 Å². The summed E-state index contributed by atoms with van der Waals surface area (Å²) in [5, 5.41) is 0.552. The Kier molecular flexibility index (Phi) is 9.10. The van der Waals surface area contributed by atoms with E-state index >= 15 is 0 Å². The van der Waals surface area contributed by atoms with Crippen molar-refractivity contribution in [2.24, 2.45) is 0 Å². The quantitative estimate of drug-likeness (QED) is 0.365. The largest absolute Gasteiger partial charge is 0.482 e. The SMILES string of the molecule is CN(C(=O)CN1C(=O)COc2cc(Cl)c(Cl)cc21)C(CN1CCOCC1)c1cccc(-c2ccc(S(C)(=O)=O)cc2)c1. The van der Waals surface area contributed by atoms with E-state index in [1.54, 1.807) is 42.3 Å². The summed E-state index contributed by atoms with van der Waals surface area (Å²) in [7, 11) is -1.57. The molecule has 12 heteroatoms. The van der Waals surface area contributed by atoms with Gasteiger partial charge in [0.05, 0.1) is 39.9 Å². The average Bonchev–Trinajstić information content (AvgIpc) is 2.98. The van der Waals surface area contributed by atoms with Crippen LogP contribution in [0, 0.1) is 0 Å². The van der Waals surface area contributed by atoms with Crippen LogP contribution in [0.5, 0.6) is 5.75 Å². The molecular weight excluding hydrogens is 601 g/mol. The predicted octanol–water partition coefficient (Wildman–Crippen LogP) is 4.32. The molecule has 222 valence electrons. The first-order valence-electron chi connectivity index (χ1n) is 13.4. The third-order valence-electron chi connectivity index (χ3n) is 7.52. The second kappa shape index (κ2) is 12.6. The molecule has 1 atom stereocenters. The number of amides is 2. The number of likely N-dealkylation sites (N-methyl/N-ethyl adjacent to an activating group) is 1. The highest BCUT2D eigenvalue weighted by Gasteiger charge is 2.32. The van der Waals surface area contributed by atoms with E-state index in [0.29, 0.717) is 36.2 Å². The number of morpholine rings is 1. The van der Waals surface area contributed by atoms with E-state index in [-0.39, 0.29) is 40.9 Å². The third-order valence-corrected chi connectivity index (χ3v) is 9.37. The van der Waals surface area contributed by atoms with Crippen molar-refractivity contribution in [1.29, 1.82) is 0 Å². The number of fused-ring (bicyclic) bond motifs is 1. The molecule has 42 heavy (non-hydrogen) atoms. The van der Waals surface area contributed by atoms with Crippen molar-refractivity contribution in [3.63, 3.8) is 0 Å². The van der Waals surface area contributed by atoms with Gasteiger partial charge in [-0.05, 0) is 41.0 Å². The van der Waals surface area contributed by atoms with Crippen LogP contribution in [0.2, 0.25) is 10.0 Å². The highest BCUT2D eigenvalue weighted by atomic mass is 35.5. The summed E-state index contributed by atoms with van der Waals surface area (Å²) in [6.45, 7) is 2.85. The molecule has 2 aliphatic rings. The molecule has 1 fully saturated rings. The Morgan fingerprint density at radius 1 is 1.00 bits per heavy atom. The fraction of sp³-hybridized carbons (Fsp3) is 0.333. The average molecular weight is 633 g/mol. The molecule has 3 aromatic rings. The molecule has 0 aromatic heterocycles. The van der Waals surface area contributed by atoms with E-state index < -0.39 is 9.84 Å². The van der Waals surface area contributed by atoms with Crippen LogP contribution in [0.15, 0.2) is 65.6 Å². The molecule has 0 radical (unpaired) electrons. The summed E-state index contributed by atoms with van der Waals surface area (Å²) in [5.74, 6) is -0.228. The Morgan fingerprint density at radius 2 is 1.69 bits per heavy atom.